The minimum Gasteiger partial charge on any atom is -0.481 e. The normalized spacial score (nSPS) is 18.1. The van der Waals surface area contributed by atoms with Crippen molar-refractivity contribution in [2.75, 3.05) is 19.5 Å². The van der Waals surface area contributed by atoms with E-state index in [1.54, 1.807) is 19.1 Å². The molecule has 1 atom stereocenters. The molecule has 1 aliphatic heterocycles. The van der Waals surface area contributed by atoms with E-state index >= 15 is 0 Å². The van der Waals surface area contributed by atoms with Gasteiger partial charge >= 0.3 is 5.97 Å². The Morgan fingerprint density at radius 2 is 2.00 bits per heavy atom. The Hall–Kier alpha value is -1.40. The average molecular weight is 326 g/mol. The summed E-state index contributed by atoms with van der Waals surface area (Å²) in [6.45, 7) is 3.07. The van der Waals surface area contributed by atoms with Crippen molar-refractivity contribution < 1.29 is 23.1 Å². The van der Waals surface area contributed by atoms with E-state index in [1.165, 1.54) is 6.07 Å². The Balaban J connectivity index is 2.25. The topological polar surface area (TPSA) is 80.7 Å². The molecule has 1 heterocycles. The molecule has 1 aromatic carbocycles. The van der Waals surface area contributed by atoms with Crippen molar-refractivity contribution in [2.24, 2.45) is 5.92 Å². The average Bonchev–Trinajstić information content (AvgIpc) is 2.44. The fourth-order valence-corrected chi connectivity index (χ4v) is 3.96. The summed E-state index contributed by atoms with van der Waals surface area (Å²) in [5.41, 5.74) is 1.27. The van der Waals surface area contributed by atoms with E-state index in [1.807, 2.05) is 0 Å². The largest absolute Gasteiger partial charge is 0.481 e. The van der Waals surface area contributed by atoms with E-state index in [0.29, 0.717) is 36.7 Å². The molecule has 6 heteroatoms. The molecular formula is C16H22O5S. The first-order valence-corrected chi connectivity index (χ1v) is 9.29. The van der Waals surface area contributed by atoms with E-state index in [4.69, 9.17) is 4.74 Å². The molecule has 0 spiro atoms. The third kappa shape index (κ3) is 4.08. The number of aliphatic carboxylic acids is 1. The van der Waals surface area contributed by atoms with Crippen molar-refractivity contribution >= 4 is 15.8 Å². The van der Waals surface area contributed by atoms with Crippen molar-refractivity contribution in [3.05, 3.63) is 29.3 Å². The predicted octanol–water partition coefficient (Wildman–Crippen LogP) is 2.38. The van der Waals surface area contributed by atoms with Crippen LogP contribution in [0, 0.1) is 12.8 Å². The van der Waals surface area contributed by atoms with Gasteiger partial charge in [0, 0.05) is 19.5 Å². The summed E-state index contributed by atoms with van der Waals surface area (Å²) in [7, 11) is -3.29. The van der Waals surface area contributed by atoms with Gasteiger partial charge in [0.25, 0.3) is 0 Å². The van der Waals surface area contributed by atoms with Crippen molar-refractivity contribution in [2.45, 2.75) is 37.0 Å². The van der Waals surface area contributed by atoms with E-state index < -0.39 is 21.7 Å². The van der Waals surface area contributed by atoms with Crippen LogP contribution in [0.1, 0.15) is 36.3 Å². The summed E-state index contributed by atoms with van der Waals surface area (Å²) in [5.74, 6) is -1.13. The molecule has 0 saturated carbocycles. The Morgan fingerprint density at radius 1 is 1.36 bits per heavy atom. The number of rotatable bonds is 5. The molecule has 0 amide bonds. The molecular weight excluding hydrogens is 304 g/mol. The monoisotopic (exact) mass is 326 g/mol. The molecule has 22 heavy (non-hydrogen) atoms. The highest BCUT2D eigenvalue weighted by atomic mass is 32.2. The number of hydrogen-bond acceptors (Lipinski definition) is 4. The Labute approximate surface area is 131 Å². The lowest BCUT2D eigenvalue weighted by Crippen LogP contribution is -2.22. The molecule has 1 aromatic rings. The van der Waals surface area contributed by atoms with Crippen LogP contribution in [0.15, 0.2) is 23.1 Å². The Bertz CT molecular complexity index is 645. The predicted molar refractivity (Wildman–Crippen MR) is 82.8 cm³/mol. The molecule has 0 aliphatic carbocycles. The first-order valence-electron chi connectivity index (χ1n) is 7.40. The third-order valence-corrected chi connectivity index (χ3v) is 5.47. The van der Waals surface area contributed by atoms with Crippen LogP contribution in [0.5, 0.6) is 0 Å². The molecule has 0 bridgehead atoms. The number of benzene rings is 1. The van der Waals surface area contributed by atoms with E-state index in [0.717, 1.165) is 19.1 Å². The zero-order chi connectivity index (χ0) is 16.3. The fourth-order valence-electron chi connectivity index (χ4n) is 3.00. The molecule has 1 N–H and O–H groups in total. The summed E-state index contributed by atoms with van der Waals surface area (Å²) < 4.78 is 28.6. The minimum absolute atomic E-state index is 0.256. The number of carboxylic acids is 1. The SMILES string of the molecule is Cc1cc([C@@H](CC2CCOCC2)C(=O)O)ccc1S(C)(=O)=O. The standard InChI is InChI=1S/C16H22O5S/c1-11-9-13(3-4-15(11)22(2,19)20)14(16(17)18)10-12-5-7-21-8-6-12/h3-4,9,12,14H,5-8,10H2,1-2H3,(H,17,18)/t14-/m1/s1. The highest BCUT2D eigenvalue weighted by molar-refractivity contribution is 7.90. The van der Waals surface area contributed by atoms with Gasteiger partial charge in [0.1, 0.15) is 0 Å². The smallest absolute Gasteiger partial charge is 0.310 e. The summed E-state index contributed by atoms with van der Waals surface area (Å²) in [5, 5.41) is 9.53. The van der Waals surface area contributed by atoms with Gasteiger partial charge in [-0.2, -0.15) is 0 Å². The van der Waals surface area contributed by atoms with Gasteiger partial charge in [-0.05, 0) is 49.3 Å². The number of hydrogen-bond donors (Lipinski definition) is 1. The van der Waals surface area contributed by atoms with Gasteiger partial charge in [-0.25, -0.2) is 8.42 Å². The van der Waals surface area contributed by atoms with Gasteiger partial charge in [0.15, 0.2) is 9.84 Å². The van der Waals surface area contributed by atoms with Crippen LogP contribution >= 0.6 is 0 Å². The second-order valence-electron chi connectivity index (χ2n) is 5.98. The molecule has 1 saturated heterocycles. The van der Waals surface area contributed by atoms with Crippen molar-refractivity contribution in [3.63, 3.8) is 0 Å². The van der Waals surface area contributed by atoms with Crippen LogP contribution in [0.3, 0.4) is 0 Å². The van der Waals surface area contributed by atoms with Crippen LogP contribution < -0.4 is 0 Å². The van der Waals surface area contributed by atoms with Gasteiger partial charge < -0.3 is 9.84 Å². The number of sulfone groups is 1. The zero-order valence-electron chi connectivity index (χ0n) is 12.9. The van der Waals surface area contributed by atoms with Gasteiger partial charge in [-0.15, -0.1) is 0 Å². The maximum atomic E-state index is 11.7. The van der Waals surface area contributed by atoms with Crippen LogP contribution in [0.25, 0.3) is 0 Å². The van der Waals surface area contributed by atoms with E-state index in [-0.39, 0.29) is 4.90 Å². The lowest BCUT2D eigenvalue weighted by Gasteiger charge is -2.25. The maximum absolute atomic E-state index is 11.7. The first-order chi connectivity index (χ1) is 10.3. The molecule has 0 aromatic heterocycles. The van der Waals surface area contributed by atoms with Gasteiger partial charge in [0.2, 0.25) is 0 Å². The highest BCUT2D eigenvalue weighted by Gasteiger charge is 2.26. The van der Waals surface area contributed by atoms with Gasteiger partial charge in [-0.3, -0.25) is 4.79 Å². The molecule has 0 unspecified atom stereocenters. The maximum Gasteiger partial charge on any atom is 0.310 e. The summed E-state index contributed by atoms with van der Waals surface area (Å²) in [4.78, 5) is 11.9. The lowest BCUT2D eigenvalue weighted by molar-refractivity contribution is -0.139. The zero-order valence-corrected chi connectivity index (χ0v) is 13.7. The van der Waals surface area contributed by atoms with Crippen LogP contribution in [0.4, 0.5) is 0 Å². The second-order valence-corrected chi connectivity index (χ2v) is 7.96. The highest BCUT2D eigenvalue weighted by Crippen LogP contribution is 2.31. The van der Waals surface area contributed by atoms with Crippen LogP contribution in [-0.2, 0) is 19.4 Å². The molecule has 0 radical (unpaired) electrons. The van der Waals surface area contributed by atoms with Gasteiger partial charge in [-0.1, -0.05) is 12.1 Å². The summed E-state index contributed by atoms with van der Waals surface area (Å²) in [6.07, 6.45) is 3.48. The molecule has 2 rings (SSSR count). The fraction of sp³-hybridized carbons (Fsp3) is 0.562. The van der Waals surface area contributed by atoms with E-state index in [2.05, 4.69) is 0 Å². The van der Waals surface area contributed by atoms with Crippen molar-refractivity contribution in [3.8, 4) is 0 Å². The number of ether oxygens (including phenoxy) is 1. The van der Waals surface area contributed by atoms with Crippen LogP contribution in [0.2, 0.25) is 0 Å². The molecule has 1 aliphatic rings. The molecule has 122 valence electrons. The minimum atomic E-state index is -3.29. The Kier molecular flexibility index (Phi) is 5.24. The van der Waals surface area contributed by atoms with Gasteiger partial charge in [0.05, 0.1) is 10.8 Å². The number of aryl methyl sites for hydroxylation is 1. The quantitative estimate of drug-likeness (QED) is 0.898. The lowest BCUT2D eigenvalue weighted by atomic mass is 9.85. The second kappa shape index (κ2) is 6.79. The van der Waals surface area contributed by atoms with Crippen molar-refractivity contribution in [1.29, 1.82) is 0 Å². The number of carboxylic acid groups (broad SMARTS) is 1. The first kappa shape index (κ1) is 17.0. The van der Waals surface area contributed by atoms with Crippen molar-refractivity contribution in [1.82, 2.24) is 0 Å². The Morgan fingerprint density at radius 3 is 2.50 bits per heavy atom. The molecule has 1 fully saturated rings. The third-order valence-electron chi connectivity index (χ3n) is 4.21. The van der Waals surface area contributed by atoms with Crippen LogP contribution in [-0.4, -0.2) is 39.0 Å². The summed E-state index contributed by atoms with van der Waals surface area (Å²) >= 11 is 0. The van der Waals surface area contributed by atoms with E-state index in [9.17, 15) is 18.3 Å². The summed E-state index contributed by atoms with van der Waals surface area (Å²) in [6, 6.07) is 4.83. The molecule has 5 nitrogen and oxygen atoms in total. The number of carbonyl (C=O) groups is 1.